The van der Waals surface area contributed by atoms with E-state index in [1.54, 1.807) is 0 Å². The summed E-state index contributed by atoms with van der Waals surface area (Å²) >= 11 is 0. The molecule has 116 valence electrons. The molecule has 2 N–H and O–H groups in total. The Labute approximate surface area is 121 Å². The molecule has 0 radical (unpaired) electrons. The fourth-order valence-corrected chi connectivity index (χ4v) is 1.24. The molecule has 0 unspecified atom stereocenters. The van der Waals surface area contributed by atoms with E-state index in [0.29, 0.717) is 13.2 Å². The standard InChI is InChI=1S/C9H12.C4H10O3.O3S/c1-3-9-7-5-4-6-8(9)2;5-1-3-7-4-2-6;1-4(2)3/h4-7H,3H2,1-2H3;5-6H,1-4H2;. The minimum atomic E-state index is -3.11. The molecule has 0 aliphatic carbocycles. The molecule has 1 aromatic carbocycles. The van der Waals surface area contributed by atoms with Crippen molar-refractivity contribution in [2.75, 3.05) is 26.4 Å². The van der Waals surface area contributed by atoms with Crippen molar-refractivity contribution < 1.29 is 27.6 Å². The number of benzene rings is 1. The Hall–Kier alpha value is -1.28. The van der Waals surface area contributed by atoms with Gasteiger partial charge in [0.1, 0.15) is 0 Å². The van der Waals surface area contributed by atoms with E-state index >= 15 is 0 Å². The minimum absolute atomic E-state index is 0.0278. The van der Waals surface area contributed by atoms with Crippen LogP contribution in [0, 0.1) is 6.92 Å². The van der Waals surface area contributed by atoms with Crippen LogP contribution in [-0.4, -0.2) is 49.3 Å². The van der Waals surface area contributed by atoms with Crippen LogP contribution in [0.2, 0.25) is 0 Å². The summed E-state index contributed by atoms with van der Waals surface area (Å²) in [4.78, 5) is 0. The zero-order valence-corrected chi connectivity index (χ0v) is 12.6. The van der Waals surface area contributed by atoms with Gasteiger partial charge in [-0.25, -0.2) is 0 Å². The van der Waals surface area contributed by atoms with Gasteiger partial charge in [-0.05, 0) is 24.5 Å². The molecular weight excluding hydrogens is 284 g/mol. The van der Waals surface area contributed by atoms with Crippen LogP contribution in [0.4, 0.5) is 0 Å². The minimum Gasteiger partial charge on any atom is -0.394 e. The highest BCUT2D eigenvalue weighted by molar-refractivity contribution is 7.59. The van der Waals surface area contributed by atoms with E-state index in [0.717, 1.165) is 6.42 Å². The number of rotatable bonds is 5. The van der Waals surface area contributed by atoms with Crippen molar-refractivity contribution >= 4 is 10.6 Å². The molecule has 1 rings (SSSR count). The normalized spacial score (nSPS) is 8.80. The molecule has 6 nitrogen and oxygen atoms in total. The van der Waals surface area contributed by atoms with Crippen LogP contribution in [0.25, 0.3) is 0 Å². The molecule has 0 atom stereocenters. The van der Waals surface area contributed by atoms with Crippen LogP contribution in [0.3, 0.4) is 0 Å². The maximum Gasteiger partial charge on any atom is 0.425 e. The summed E-state index contributed by atoms with van der Waals surface area (Å²) in [5.41, 5.74) is 2.86. The van der Waals surface area contributed by atoms with Gasteiger partial charge in [0.15, 0.2) is 0 Å². The first-order valence-corrected chi connectivity index (χ1v) is 7.10. The summed E-state index contributed by atoms with van der Waals surface area (Å²) in [6, 6.07) is 8.49. The molecule has 0 aliphatic heterocycles. The lowest BCUT2D eigenvalue weighted by Crippen LogP contribution is -2.03. The lowest BCUT2D eigenvalue weighted by atomic mass is 10.1. The smallest absolute Gasteiger partial charge is 0.394 e. The molecule has 0 fully saturated rings. The van der Waals surface area contributed by atoms with Gasteiger partial charge in [0.2, 0.25) is 0 Å². The molecular formula is C13H22O6S. The Morgan fingerprint density at radius 3 is 1.80 bits per heavy atom. The van der Waals surface area contributed by atoms with E-state index in [-0.39, 0.29) is 13.2 Å². The summed E-state index contributed by atoms with van der Waals surface area (Å²) in [7, 11) is -3.11. The summed E-state index contributed by atoms with van der Waals surface area (Å²) in [6.45, 7) is 5.03. The summed E-state index contributed by atoms with van der Waals surface area (Å²) in [5.74, 6) is 0. The SMILES string of the molecule is CCc1ccccc1C.O=S(=O)=O.OCCOCCO. The van der Waals surface area contributed by atoms with Gasteiger partial charge in [-0.1, -0.05) is 31.2 Å². The van der Waals surface area contributed by atoms with Crippen molar-refractivity contribution in [1.82, 2.24) is 0 Å². The van der Waals surface area contributed by atoms with Crippen LogP contribution >= 0.6 is 0 Å². The van der Waals surface area contributed by atoms with Crippen molar-refractivity contribution in [3.63, 3.8) is 0 Å². The molecule has 0 saturated heterocycles. The average Bonchev–Trinajstić information content (AvgIpc) is 2.40. The topological polar surface area (TPSA) is 101 Å². The van der Waals surface area contributed by atoms with E-state index in [4.69, 9.17) is 22.8 Å². The molecule has 20 heavy (non-hydrogen) atoms. The second-order valence-corrected chi connectivity index (χ2v) is 3.95. The Kier molecular flexibility index (Phi) is 16.6. The van der Waals surface area contributed by atoms with Crippen LogP contribution in [0.1, 0.15) is 18.1 Å². The van der Waals surface area contributed by atoms with Gasteiger partial charge in [-0.3, -0.25) is 0 Å². The Morgan fingerprint density at radius 2 is 1.50 bits per heavy atom. The first-order chi connectivity index (χ1) is 9.49. The van der Waals surface area contributed by atoms with E-state index in [1.807, 2.05) is 0 Å². The van der Waals surface area contributed by atoms with Gasteiger partial charge in [-0.2, -0.15) is 0 Å². The molecule has 0 spiro atoms. The Balaban J connectivity index is 0. The van der Waals surface area contributed by atoms with Gasteiger partial charge >= 0.3 is 10.6 Å². The van der Waals surface area contributed by atoms with Gasteiger partial charge in [0.05, 0.1) is 26.4 Å². The number of aliphatic hydroxyl groups is 2. The lowest BCUT2D eigenvalue weighted by molar-refractivity contribution is 0.0650. The van der Waals surface area contributed by atoms with E-state index in [9.17, 15) is 0 Å². The van der Waals surface area contributed by atoms with Crippen LogP contribution in [0.15, 0.2) is 24.3 Å². The quantitative estimate of drug-likeness (QED) is 0.770. The average molecular weight is 306 g/mol. The summed E-state index contributed by atoms with van der Waals surface area (Å²) in [6.07, 6.45) is 1.15. The summed E-state index contributed by atoms with van der Waals surface area (Å²) in [5, 5.41) is 16.2. The van der Waals surface area contributed by atoms with Crippen molar-refractivity contribution in [2.24, 2.45) is 0 Å². The number of ether oxygens (including phenoxy) is 1. The third kappa shape index (κ3) is 16.7. The highest BCUT2D eigenvalue weighted by Gasteiger charge is 1.89. The predicted molar refractivity (Wildman–Crippen MR) is 75.2 cm³/mol. The number of hydrogen-bond donors (Lipinski definition) is 2. The molecule has 0 heterocycles. The zero-order valence-electron chi connectivity index (χ0n) is 11.8. The Bertz CT molecular complexity index is 418. The van der Waals surface area contributed by atoms with Crippen LogP contribution in [0.5, 0.6) is 0 Å². The number of aliphatic hydroxyl groups excluding tert-OH is 2. The van der Waals surface area contributed by atoms with Crippen molar-refractivity contribution in [2.45, 2.75) is 20.3 Å². The van der Waals surface area contributed by atoms with Crippen molar-refractivity contribution in [3.05, 3.63) is 35.4 Å². The van der Waals surface area contributed by atoms with Crippen LogP contribution in [-0.2, 0) is 21.8 Å². The second-order valence-electron chi connectivity index (χ2n) is 3.54. The second kappa shape index (κ2) is 15.8. The number of hydrogen-bond acceptors (Lipinski definition) is 6. The van der Waals surface area contributed by atoms with Crippen molar-refractivity contribution in [3.8, 4) is 0 Å². The fraction of sp³-hybridized carbons (Fsp3) is 0.538. The molecule has 0 aliphatic rings. The highest BCUT2D eigenvalue weighted by Crippen LogP contribution is 2.06. The largest absolute Gasteiger partial charge is 0.425 e. The van der Waals surface area contributed by atoms with E-state index < -0.39 is 10.6 Å². The zero-order chi connectivity index (χ0) is 15.8. The number of aryl methyl sites for hydroxylation is 2. The van der Waals surface area contributed by atoms with Crippen LogP contribution < -0.4 is 0 Å². The summed E-state index contributed by atoms with van der Waals surface area (Å²) < 4.78 is 30.0. The van der Waals surface area contributed by atoms with Gasteiger partial charge < -0.3 is 14.9 Å². The lowest BCUT2D eigenvalue weighted by Gasteiger charge is -1.98. The molecule has 1 aromatic rings. The third-order valence-electron chi connectivity index (χ3n) is 2.11. The molecule has 0 saturated carbocycles. The maximum absolute atomic E-state index is 8.44. The first kappa shape index (κ1) is 21.0. The highest BCUT2D eigenvalue weighted by atomic mass is 32.2. The van der Waals surface area contributed by atoms with E-state index in [1.165, 1.54) is 11.1 Å². The third-order valence-corrected chi connectivity index (χ3v) is 2.11. The van der Waals surface area contributed by atoms with Gasteiger partial charge in [0, 0.05) is 0 Å². The molecule has 7 heteroatoms. The van der Waals surface area contributed by atoms with Gasteiger partial charge in [0.25, 0.3) is 0 Å². The van der Waals surface area contributed by atoms with Crippen molar-refractivity contribution in [1.29, 1.82) is 0 Å². The fourth-order valence-electron chi connectivity index (χ4n) is 1.24. The molecule has 0 amide bonds. The Morgan fingerprint density at radius 1 is 1.05 bits per heavy atom. The van der Waals surface area contributed by atoms with E-state index in [2.05, 4.69) is 42.8 Å². The van der Waals surface area contributed by atoms with Gasteiger partial charge in [-0.15, -0.1) is 12.6 Å². The predicted octanol–water partition coefficient (Wildman–Crippen LogP) is 0.541. The maximum atomic E-state index is 8.44. The first-order valence-electron chi connectivity index (χ1n) is 6.10. The monoisotopic (exact) mass is 306 g/mol. The molecule has 0 aromatic heterocycles. The molecule has 0 bridgehead atoms.